The van der Waals surface area contributed by atoms with E-state index in [9.17, 15) is 21.6 Å². The van der Waals surface area contributed by atoms with Gasteiger partial charge in [0.25, 0.3) is 10.0 Å². The lowest BCUT2D eigenvalue weighted by molar-refractivity contribution is -0.116. The van der Waals surface area contributed by atoms with E-state index < -0.39 is 32.5 Å². The van der Waals surface area contributed by atoms with E-state index in [0.29, 0.717) is 21.3 Å². The molecular formula is C15H18ClN3O5S3. The van der Waals surface area contributed by atoms with Gasteiger partial charge < -0.3 is 5.32 Å². The number of halogens is 1. The molecule has 2 rings (SSSR count). The third-order valence-electron chi connectivity index (χ3n) is 3.40. The van der Waals surface area contributed by atoms with Gasteiger partial charge >= 0.3 is 0 Å². The van der Waals surface area contributed by atoms with Crippen molar-refractivity contribution in [2.75, 3.05) is 29.9 Å². The highest BCUT2D eigenvalue weighted by Gasteiger charge is 2.24. The summed E-state index contributed by atoms with van der Waals surface area (Å²) in [5, 5.41) is 2.55. The summed E-state index contributed by atoms with van der Waals surface area (Å²) in [7, 11) is -6.02. The monoisotopic (exact) mass is 451 g/mol. The first-order chi connectivity index (χ1) is 12.4. The molecule has 0 radical (unpaired) electrons. The van der Waals surface area contributed by atoms with E-state index in [4.69, 9.17) is 11.6 Å². The number of rotatable bonds is 7. The zero-order valence-electron chi connectivity index (χ0n) is 14.7. The minimum atomic E-state index is -3.83. The lowest BCUT2D eigenvalue weighted by atomic mass is 10.2. The molecule has 0 fully saturated rings. The van der Waals surface area contributed by atoms with Crippen molar-refractivity contribution in [3.63, 3.8) is 0 Å². The highest BCUT2D eigenvalue weighted by atomic mass is 35.5. The van der Waals surface area contributed by atoms with Gasteiger partial charge in [-0.25, -0.2) is 16.8 Å². The SMILES string of the molecule is Cc1ccc(NC(=O)CN(C)S(=O)(=O)c2ccc(Cl)s2)cc1NS(C)(=O)=O. The zero-order chi connectivity index (χ0) is 20.4. The number of hydrogen-bond donors (Lipinski definition) is 2. The fourth-order valence-electron chi connectivity index (χ4n) is 2.09. The van der Waals surface area contributed by atoms with Crippen molar-refractivity contribution in [2.24, 2.45) is 0 Å². The summed E-state index contributed by atoms with van der Waals surface area (Å²) < 4.78 is 51.3. The molecule has 1 amide bonds. The van der Waals surface area contributed by atoms with Crippen molar-refractivity contribution >= 4 is 60.3 Å². The number of benzene rings is 1. The number of anilines is 2. The molecule has 1 heterocycles. The van der Waals surface area contributed by atoms with Gasteiger partial charge in [-0.2, -0.15) is 4.31 Å². The van der Waals surface area contributed by atoms with Crippen molar-refractivity contribution in [2.45, 2.75) is 11.1 Å². The largest absolute Gasteiger partial charge is 0.325 e. The Morgan fingerprint density at radius 3 is 2.41 bits per heavy atom. The van der Waals surface area contributed by atoms with Crippen LogP contribution in [0.3, 0.4) is 0 Å². The Morgan fingerprint density at radius 1 is 1.19 bits per heavy atom. The topological polar surface area (TPSA) is 113 Å². The predicted octanol–water partition coefficient (Wildman–Crippen LogP) is 2.34. The molecule has 0 unspecified atom stereocenters. The Balaban J connectivity index is 2.10. The summed E-state index contributed by atoms with van der Waals surface area (Å²) in [6.45, 7) is 1.30. The number of nitrogens with zero attached hydrogens (tertiary/aromatic N) is 1. The maximum atomic E-state index is 12.4. The molecule has 0 saturated carbocycles. The minimum Gasteiger partial charge on any atom is -0.325 e. The summed E-state index contributed by atoms with van der Waals surface area (Å²) in [5.74, 6) is -0.571. The van der Waals surface area contributed by atoms with Crippen molar-refractivity contribution in [3.05, 3.63) is 40.2 Å². The van der Waals surface area contributed by atoms with Gasteiger partial charge in [0, 0.05) is 12.7 Å². The lowest BCUT2D eigenvalue weighted by Crippen LogP contribution is -2.34. The molecule has 0 bridgehead atoms. The van der Waals surface area contributed by atoms with E-state index in [1.165, 1.54) is 25.2 Å². The first-order valence-electron chi connectivity index (χ1n) is 7.48. The second-order valence-electron chi connectivity index (χ2n) is 5.77. The van der Waals surface area contributed by atoms with Gasteiger partial charge in [0.05, 0.1) is 22.8 Å². The van der Waals surface area contributed by atoms with Gasteiger partial charge in [0.2, 0.25) is 15.9 Å². The molecule has 0 aliphatic heterocycles. The number of aryl methyl sites for hydroxylation is 1. The van der Waals surface area contributed by atoms with Gasteiger partial charge in [-0.1, -0.05) is 17.7 Å². The second kappa shape index (κ2) is 8.15. The van der Waals surface area contributed by atoms with E-state index >= 15 is 0 Å². The van der Waals surface area contributed by atoms with Gasteiger partial charge in [-0.15, -0.1) is 11.3 Å². The van der Waals surface area contributed by atoms with E-state index in [1.54, 1.807) is 19.1 Å². The van der Waals surface area contributed by atoms with Crippen LogP contribution < -0.4 is 10.0 Å². The van der Waals surface area contributed by atoms with E-state index in [2.05, 4.69) is 10.0 Å². The molecule has 2 aromatic rings. The van der Waals surface area contributed by atoms with Crippen LogP contribution in [-0.2, 0) is 24.8 Å². The van der Waals surface area contributed by atoms with Gasteiger partial charge in [-0.3, -0.25) is 9.52 Å². The standard InChI is InChI=1S/C15H18ClN3O5S3/c1-10-4-5-11(8-12(10)18-26(3,21)22)17-14(20)9-19(2)27(23,24)15-7-6-13(16)25-15/h4-8,18H,9H2,1-3H3,(H,17,20). The maximum Gasteiger partial charge on any atom is 0.252 e. The summed E-state index contributed by atoms with van der Waals surface area (Å²) in [6, 6.07) is 7.53. The molecule has 8 nitrogen and oxygen atoms in total. The molecule has 1 aromatic carbocycles. The number of sulfonamides is 2. The van der Waals surface area contributed by atoms with Crippen molar-refractivity contribution in [3.8, 4) is 0 Å². The van der Waals surface area contributed by atoms with Gasteiger partial charge in [0.15, 0.2) is 0 Å². The molecular weight excluding hydrogens is 434 g/mol. The molecule has 12 heteroatoms. The van der Waals surface area contributed by atoms with Crippen LogP contribution in [0.25, 0.3) is 0 Å². The number of carbonyl (C=O) groups excluding carboxylic acids is 1. The predicted molar refractivity (Wildman–Crippen MR) is 107 cm³/mol. The first kappa shape index (κ1) is 21.6. The van der Waals surface area contributed by atoms with Crippen LogP contribution in [0.2, 0.25) is 4.34 Å². The Kier molecular flexibility index (Phi) is 6.53. The van der Waals surface area contributed by atoms with Crippen molar-refractivity contribution < 1.29 is 21.6 Å². The smallest absolute Gasteiger partial charge is 0.252 e. The number of hydrogen-bond acceptors (Lipinski definition) is 6. The number of amides is 1. The summed E-state index contributed by atoms with van der Waals surface area (Å²) >= 11 is 6.67. The molecule has 148 valence electrons. The van der Waals surface area contributed by atoms with Gasteiger partial charge in [-0.05, 0) is 36.8 Å². The number of thiophene rings is 1. The zero-order valence-corrected chi connectivity index (χ0v) is 17.9. The minimum absolute atomic E-state index is 0.0396. The molecule has 0 spiro atoms. The van der Waals surface area contributed by atoms with Crippen LogP contribution in [0.4, 0.5) is 11.4 Å². The Hall–Kier alpha value is -1.66. The van der Waals surface area contributed by atoms with Crippen LogP contribution in [0.5, 0.6) is 0 Å². The molecule has 0 atom stereocenters. The van der Waals surface area contributed by atoms with Crippen LogP contribution in [0.1, 0.15) is 5.56 Å². The van der Waals surface area contributed by atoms with Gasteiger partial charge in [0.1, 0.15) is 4.21 Å². The Labute approximate surface area is 167 Å². The number of nitrogens with one attached hydrogen (secondary N) is 2. The summed E-state index contributed by atoms with van der Waals surface area (Å²) in [5.41, 5.74) is 1.33. The molecule has 27 heavy (non-hydrogen) atoms. The molecule has 0 saturated heterocycles. The molecule has 0 aliphatic rings. The van der Waals surface area contributed by atoms with Crippen LogP contribution in [0, 0.1) is 6.92 Å². The quantitative estimate of drug-likeness (QED) is 0.670. The number of carbonyl (C=O) groups is 1. The third-order valence-corrected chi connectivity index (χ3v) is 7.49. The fraction of sp³-hybridized carbons (Fsp3) is 0.267. The normalized spacial score (nSPS) is 12.2. The van der Waals surface area contributed by atoms with E-state index in [1.807, 2.05) is 0 Å². The lowest BCUT2D eigenvalue weighted by Gasteiger charge is -2.16. The Bertz CT molecular complexity index is 1060. The first-order valence-corrected chi connectivity index (χ1v) is 12.0. The Morgan fingerprint density at radius 2 is 1.85 bits per heavy atom. The van der Waals surface area contributed by atoms with Crippen LogP contribution in [0.15, 0.2) is 34.5 Å². The maximum absolute atomic E-state index is 12.4. The van der Waals surface area contributed by atoms with Crippen LogP contribution >= 0.6 is 22.9 Å². The fourth-order valence-corrected chi connectivity index (χ4v) is 5.53. The number of likely N-dealkylation sites (N-methyl/N-ethyl adjacent to an activating group) is 1. The third kappa shape index (κ3) is 5.91. The molecule has 0 aliphatic carbocycles. The van der Waals surface area contributed by atoms with E-state index in [-0.39, 0.29) is 4.21 Å². The van der Waals surface area contributed by atoms with Crippen LogP contribution in [-0.4, -0.2) is 46.9 Å². The van der Waals surface area contributed by atoms with Crippen molar-refractivity contribution in [1.82, 2.24) is 4.31 Å². The molecule has 2 N–H and O–H groups in total. The van der Waals surface area contributed by atoms with Crippen molar-refractivity contribution in [1.29, 1.82) is 0 Å². The average molecular weight is 452 g/mol. The summed E-state index contributed by atoms with van der Waals surface area (Å²) in [4.78, 5) is 12.2. The highest BCUT2D eigenvalue weighted by Crippen LogP contribution is 2.27. The summed E-state index contributed by atoms with van der Waals surface area (Å²) in [6.07, 6.45) is 1.02. The van der Waals surface area contributed by atoms with E-state index in [0.717, 1.165) is 21.9 Å². The highest BCUT2D eigenvalue weighted by molar-refractivity contribution is 7.92. The molecule has 1 aromatic heterocycles. The second-order valence-corrected chi connectivity index (χ2v) is 11.5. The average Bonchev–Trinajstić information content (AvgIpc) is 2.96.